The van der Waals surface area contributed by atoms with Crippen LogP contribution in [0.15, 0.2) is 54.7 Å². The van der Waals surface area contributed by atoms with Gasteiger partial charge in [0.05, 0.1) is 30.6 Å². The third-order valence-corrected chi connectivity index (χ3v) is 4.14. The molecule has 1 atom stereocenters. The molecule has 0 aliphatic rings. The summed E-state index contributed by atoms with van der Waals surface area (Å²) in [6.45, 7) is 4.32. The van der Waals surface area contributed by atoms with E-state index in [1.54, 1.807) is 13.1 Å². The van der Waals surface area contributed by atoms with Gasteiger partial charge in [-0.3, -0.25) is 0 Å². The van der Waals surface area contributed by atoms with Crippen molar-refractivity contribution in [1.29, 1.82) is 0 Å². The van der Waals surface area contributed by atoms with Crippen molar-refractivity contribution in [3.63, 3.8) is 0 Å². The molecule has 0 saturated carbocycles. The van der Waals surface area contributed by atoms with Gasteiger partial charge in [0.1, 0.15) is 23.1 Å². The van der Waals surface area contributed by atoms with E-state index in [0.717, 1.165) is 34.9 Å². The molecule has 0 spiro atoms. The lowest BCUT2D eigenvalue weighted by atomic mass is 10.1. The SMILES string of the molecule is CCCOc1ccc(Oc2ccc(-c3cnc([C@@](C)(N)CO)[nH]3)cc2)cc1. The Bertz CT molecular complexity index is 855. The Morgan fingerprint density at radius 2 is 1.63 bits per heavy atom. The van der Waals surface area contributed by atoms with E-state index in [9.17, 15) is 5.11 Å². The highest BCUT2D eigenvalue weighted by Crippen LogP contribution is 2.27. The Balaban J connectivity index is 1.67. The van der Waals surface area contributed by atoms with E-state index in [1.165, 1.54) is 0 Å². The fourth-order valence-corrected chi connectivity index (χ4v) is 2.50. The van der Waals surface area contributed by atoms with Crippen molar-refractivity contribution in [2.75, 3.05) is 13.2 Å². The quantitative estimate of drug-likeness (QED) is 0.563. The minimum Gasteiger partial charge on any atom is -0.494 e. The van der Waals surface area contributed by atoms with Crippen molar-refractivity contribution in [3.8, 4) is 28.5 Å². The Morgan fingerprint density at radius 1 is 1.04 bits per heavy atom. The summed E-state index contributed by atoms with van der Waals surface area (Å²) in [7, 11) is 0. The third kappa shape index (κ3) is 4.67. The molecule has 0 aliphatic carbocycles. The van der Waals surface area contributed by atoms with Crippen LogP contribution in [0.1, 0.15) is 26.1 Å². The van der Waals surface area contributed by atoms with Crippen LogP contribution in [0.5, 0.6) is 17.2 Å². The van der Waals surface area contributed by atoms with Crippen molar-refractivity contribution in [3.05, 3.63) is 60.6 Å². The summed E-state index contributed by atoms with van der Waals surface area (Å²) in [5.41, 5.74) is 6.90. The Labute approximate surface area is 159 Å². The van der Waals surface area contributed by atoms with E-state index < -0.39 is 5.54 Å². The smallest absolute Gasteiger partial charge is 0.128 e. The number of aromatic nitrogens is 2. The minimum absolute atomic E-state index is 0.186. The van der Waals surface area contributed by atoms with E-state index in [0.29, 0.717) is 12.4 Å². The first kappa shape index (κ1) is 18.9. The van der Waals surface area contributed by atoms with Crippen LogP contribution in [0, 0.1) is 0 Å². The average molecular weight is 367 g/mol. The standard InChI is InChI=1S/C21H25N3O3/c1-3-12-26-16-8-10-18(11-9-16)27-17-6-4-15(5-7-17)19-13-23-20(24-19)21(2,22)14-25/h4-11,13,25H,3,12,14,22H2,1-2H3,(H,23,24)/t21-/m0/s1. The van der Waals surface area contributed by atoms with Crippen LogP contribution >= 0.6 is 0 Å². The Morgan fingerprint density at radius 3 is 2.22 bits per heavy atom. The predicted molar refractivity (Wildman–Crippen MR) is 105 cm³/mol. The van der Waals surface area contributed by atoms with Crippen LogP contribution in [0.25, 0.3) is 11.3 Å². The van der Waals surface area contributed by atoms with Crippen molar-refractivity contribution in [2.45, 2.75) is 25.8 Å². The van der Waals surface area contributed by atoms with E-state index in [4.69, 9.17) is 15.2 Å². The average Bonchev–Trinajstić information content (AvgIpc) is 3.19. The lowest BCUT2D eigenvalue weighted by molar-refractivity contribution is 0.204. The lowest BCUT2D eigenvalue weighted by Crippen LogP contribution is -2.38. The maximum atomic E-state index is 9.35. The molecule has 0 unspecified atom stereocenters. The minimum atomic E-state index is -0.895. The van der Waals surface area contributed by atoms with Crippen molar-refractivity contribution < 1.29 is 14.6 Å². The number of benzene rings is 2. The number of aliphatic hydroxyl groups is 1. The van der Waals surface area contributed by atoms with E-state index in [-0.39, 0.29) is 6.61 Å². The number of ether oxygens (including phenoxy) is 2. The second-order valence-corrected chi connectivity index (χ2v) is 6.67. The Kier molecular flexibility index (Phi) is 5.78. The normalized spacial score (nSPS) is 13.2. The maximum absolute atomic E-state index is 9.35. The van der Waals surface area contributed by atoms with Gasteiger partial charge in [-0.1, -0.05) is 6.92 Å². The summed E-state index contributed by atoms with van der Waals surface area (Å²) in [6, 6.07) is 15.2. The topological polar surface area (TPSA) is 93.4 Å². The van der Waals surface area contributed by atoms with Crippen LogP contribution in [0.2, 0.25) is 0 Å². The number of nitrogens with zero attached hydrogens (tertiary/aromatic N) is 1. The molecular formula is C21H25N3O3. The largest absolute Gasteiger partial charge is 0.494 e. The number of imidazole rings is 1. The van der Waals surface area contributed by atoms with Gasteiger partial charge in [0.2, 0.25) is 0 Å². The van der Waals surface area contributed by atoms with E-state index >= 15 is 0 Å². The number of aliphatic hydroxyl groups excluding tert-OH is 1. The molecule has 4 N–H and O–H groups in total. The molecule has 0 radical (unpaired) electrons. The Hall–Kier alpha value is -2.83. The molecule has 0 bridgehead atoms. The van der Waals surface area contributed by atoms with Crippen molar-refractivity contribution in [1.82, 2.24) is 9.97 Å². The number of nitrogens with one attached hydrogen (secondary N) is 1. The zero-order chi connectivity index (χ0) is 19.3. The fourth-order valence-electron chi connectivity index (χ4n) is 2.50. The molecule has 3 rings (SSSR count). The number of rotatable bonds is 8. The van der Waals surface area contributed by atoms with Gasteiger partial charge in [0, 0.05) is 0 Å². The molecular weight excluding hydrogens is 342 g/mol. The van der Waals surface area contributed by atoms with Crippen LogP contribution in [-0.2, 0) is 5.54 Å². The molecule has 27 heavy (non-hydrogen) atoms. The molecule has 0 aliphatic heterocycles. The molecule has 6 nitrogen and oxygen atoms in total. The van der Waals surface area contributed by atoms with Crippen LogP contribution in [0.4, 0.5) is 0 Å². The first-order valence-corrected chi connectivity index (χ1v) is 8.98. The monoisotopic (exact) mass is 367 g/mol. The van der Waals surface area contributed by atoms with Gasteiger partial charge in [-0.25, -0.2) is 4.98 Å². The van der Waals surface area contributed by atoms with Gasteiger partial charge in [-0.2, -0.15) is 0 Å². The van der Waals surface area contributed by atoms with Gasteiger partial charge in [0.25, 0.3) is 0 Å². The van der Waals surface area contributed by atoms with Gasteiger partial charge < -0.3 is 25.3 Å². The first-order chi connectivity index (χ1) is 13.0. The highest BCUT2D eigenvalue weighted by Gasteiger charge is 2.23. The molecule has 6 heteroatoms. The van der Waals surface area contributed by atoms with Crippen molar-refractivity contribution in [2.24, 2.45) is 5.73 Å². The molecule has 0 amide bonds. The zero-order valence-corrected chi connectivity index (χ0v) is 15.6. The molecule has 3 aromatic rings. The number of aromatic amines is 1. The number of hydrogen-bond donors (Lipinski definition) is 3. The summed E-state index contributed by atoms with van der Waals surface area (Å²) in [4.78, 5) is 7.43. The fraction of sp³-hybridized carbons (Fsp3) is 0.286. The van der Waals surface area contributed by atoms with Crippen molar-refractivity contribution >= 4 is 0 Å². The third-order valence-electron chi connectivity index (χ3n) is 4.14. The summed E-state index contributed by atoms with van der Waals surface area (Å²) in [6.07, 6.45) is 2.69. The highest BCUT2D eigenvalue weighted by molar-refractivity contribution is 5.60. The summed E-state index contributed by atoms with van der Waals surface area (Å²) >= 11 is 0. The highest BCUT2D eigenvalue weighted by atomic mass is 16.5. The van der Waals surface area contributed by atoms with E-state index in [1.807, 2.05) is 48.5 Å². The van der Waals surface area contributed by atoms with Gasteiger partial charge in [0.15, 0.2) is 0 Å². The molecule has 0 saturated heterocycles. The zero-order valence-electron chi connectivity index (χ0n) is 15.6. The second-order valence-electron chi connectivity index (χ2n) is 6.67. The van der Waals surface area contributed by atoms with Gasteiger partial charge >= 0.3 is 0 Å². The number of hydrogen-bond acceptors (Lipinski definition) is 5. The summed E-state index contributed by atoms with van der Waals surface area (Å²) in [5.74, 6) is 2.87. The predicted octanol–water partition coefficient (Wildman–Crippen LogP) is 3.82. The van der Waals surface area contributed by atoms with Crippen LogP contribution in [-0.4, -0.2) is 28.3 Å². The van der Waals surface area contributed by atoms with E-state index in [2.05, 4.69) is 16.9 Å². The first-order valence-electron chi connectivity index (χ1n) is 8.98. The van der Waals surface area contributed by atoms with Crippen LogP contribution < -0.4 is 15.2 Å². The molecule has 142 valence electrons. The molecule has 1 aromatic heterocycles. The molecule has 0 fully saturated rings. The van der Waals surface area contributed by atoms with Gasteiger partial charge in [-0.05, 0) is 67.4 Å². The van der Waals surface area contributed by atoms with Crippen LogP contribution in [0.3, 0.4) is 0 Å². The number of H-pyrrole nitrogens is 1. The molecule has 1 heterocycles. The summed E-state index contributed by atoms with van der Waals surface area (Å²) < 4.78 is 11.4. The van der Waals surface area contributed by atoms with Gasteiger partial charge in [-0.15, -0.1) is 0 Å². The lowest BCUT2D eigenvalue weighted by Gasteiger charge is -2.18. The number of nitrogens with two attached hydrogens (primary N) is 1. The summed E-state index contributed by atoms with van der Waals surface area (Å²) in [5, 5.41) is 9.35. The maximum Gasteiger partial charge on any atom is 0.128 e. The second kappa shape index (κ2) is 8.24. The molecule has 2 aromatic carbocycles.